The van der Waals surface area contributed by atoms with Gasteiger partial charge in [-0.2, -0.15) is 0 Å². The number of anilines is 1. The molecule has 0 atom stereocenters. The highest BCUT2D eigenvalue weighted by Crippen LogP contribution is 2.17. The van der Waals surface area contributed by atoms with Crippen LogP contribution in [-0.2, 0) is 11.2 Å². The molecule has 3 nitrogen and oxygen atoms in total. The van der Waals surface area contributed by atoms with Crippen molar-refractivity contribution in [2.24, 2.45) is 0 Å². The summed E-state index contributed by atoms with van der Waals surface area (Å²) in [5.41, 5.74) is 6.35. The summed E-state index contributed by atoms with van der Waals surface area (Å²) in [7, 11) is 0. The number of carboxylic acids is 1. The number of aliphatic carboxylic acids is 1. The summed E-state index contributed by atoms with van der Waals surface area (Å²) < 4.78 is 13.1. The third-order valence-corrected chi connectivity index (χ3v) is 1.97. The minimum absolute atomic E-state index is 0.0355. The fourth-order valence-corrected chi connectivity index (χ4v) is 1.26. The van der Waals surface area contributed by atoms with Gasteiger partial charge in [-0.05, 0) is 25.0 Å². The molecular formula is C10H12FNO2. The SMILES string of the molecule is Nc1cccc(F)c1CCCC(=O)O. The van der Waals surface area contributed by atoms with E-state index in [0.717, 1.165) is 0 Å². The predicted molar refractivity (Wildman–Crippen MR) is 51.4 cm³/mol. The molecule has 0 heterocycles. The van der Waals surface area contributed by atoms with Crippen LogP contribution in [-0.4, -0.2) is 11.1 Å². The Bertz CT molecular complexity index is 319. The molecule has 0 aromatic heterocycles. The molecule has 0 fully saturated rings. The van der Waals surface area contributed by atoms with E-state index >= 15 is 0 Å². The van der Waals surface area contributed by atoms with Gasteiger partial charge in [0.15, 0.2) is 0 Å². The molecule has 76 valence electrons. The number of carboxylic acid groups (broad SMARTS) is 1. The first-order valence-electron chi connectivity index (χ1n) is 4.36. The Morgan fingerprint density at radius 1 is 1.50 bits per heavy atom. The average molecular weight is 197 g/mol. The second kappa shape index (κ2) is 4.60. The van der Waals surface area contributed by atoms with Crippen LogP contribution in [0.1, 0.15) is 18.4 Å². The molecule has 1 aromatic rings. The number of nitrogen functional groups attached to an aromatic ring is 1. The third kappa shape index (κ3) is 2.73. The highest BCUT2D eigenvalue weighted by atomic mass is 19.1. The minimum atomic E-state index is -0.875. The molecule has 1 aromatic carbocycles. The molecule has 0 aliphatic heterocycles. The minimum Gasteiger partial charge on any atom is -0.481 e. The Morgan fingerprint density at radius 2 is 2.21 bits per heavy atom. The lowest BCUT2D eigenvalue weighted by molar-refractivity contribution is -0.137. The van der Waals surface area contributed by atoms with Crippen molar-refractivity contribution in [3.05, 3.63) is 29.6 Å². The van der Waals surface area contributed by atoms with Gasteiger partial charge in [0.25, 0.3) is 0 Å². The fourth-order valence-electron chi connectivity index (χ4n) is 1.26. The van der Waals surface area contributed by atoms with Gasteiger partial charge in [-0.25, -0.2) is 4.39 Å². The molecule has 1 rings (SSSR count). The number of carbonyl (C=O) groups is 1. The van der Waals surface area contributed by atoms with Crippen molar-refractivity contribution >= 4 is 11.7 Å². The van der Waals surface area contributed by atoms with Gasteiger partial charge >= 0.3 is 5.97 Å². The molecule has 3 N–H and O–H groups in total. The van der Waals surface area contributed by atoms with Gasteiger partial charge in [-0.15, -0.1) is 0 Å². The highest BCUT2D eigenvalue weighted by molar-refractivity contribution is 5.66. The van der Waals surface area contributed by atoms with Crippen LogP contribution in [0.5, 0.6) is 0 Å². The molecule has 0 amide bonds. The van der Waals surface area contributed by atoms with E-state index in [2.05, 4.69) is 0 Å². The Balaban J connectivity index is 2.62. The maximum Gasteiger partial charge on any atom is 0.303 e. The van der Waals surface area contributed by atoms with Gasteiger partial charge in [0.1, 0.15) is 5.82 Å². The van der Waals surface area contributed by atoms with Crippen molar-refractivity contribution < 1.29 is 14.3 Å². The summed E-state index contributed by atoms with van der Waals surface area (Å²) >= 11 is 0. The van der Waals surface area contributed by atoms with E-state index in [0.29, 0.717) is 24.1 Å². The number of benzene rings is 1. The maximum atomic E-state index is 13.1. The van der Waals surface area contributed by atoms with Crippen LogP contribution in [0, 0.1) is 5.82 Å². The summed E-state index contributed by atoms with van der Waals surface area (Å²) in [5, 5.41) is 8.41. The van der Waals surface area contributed by atoms with Crippen LogP contribution < -0.4 is 5.73 Å². The second-order valence-electron chi connectivity index (χ2n) is 3.05. The first-order chi connectivity index (χ1) is 6.61. The summed E-state index contributed by atoms with van der Waals surface area (Å²) in [6.07, 6.45) is 0.805. The normalized spacial score (nSPS) is 10.1. The number of nitrogens with two attached hydrogens (primary N) is 1. The van der Waals surface area contributed by atoms with Crippen LogP contribution in [0.3, 0.4) is 0 Å². The third-order valence-electron chi connectivity index (χ3n) is 1.97. The molecule has 0 spiro atoms. The molecule has 0 aliphatic carbocycles. The van der Waals surface area contributed by atoms with E-state index in [1.807, 2.05) is 0 Å². The lowest BCUT2D eigenvalue weighted by atomic mass is 10.1. The Kier molecular flexibility index (Phi) is 3.45. The molecule has 0 bridgehead atoms. The van der Waals surface area contributed by atoms with E-state index in [1.54, 1.807) is 6.07 Å². The molecule has 0 radical (unpaired) electrons. The maximum absolute atomic E-state index is 13.1. The van der Waals surface area contributed by atoms with Gasteiger partial charge in [-0.1, -0.05) is 6.07 Å². The van der Waals surface area contributed by atoms with Crippen molar-refractivity contribution in [3.8, 4) is 0 Å². The summed E-state index contributed by atoms with van der Waals surface area (Å²) in [6.45, 7) is 0. The zero-order valence-corrected chi connectivity index (χ0v) is 7.66. The second-order valence-corrected chi connectivity index (χ2v) is 3.05. The molecule has 0 saturated carbocycles. The van der Waals surface area contributed by atoms with Gasteiger partial charge in [0.05, 0.1) is 0 Å². The van der Waals surface area contributed by atoms with E-state index < -0.39 is 5.97 Å². The van der Waals surface area contributed by atoms with E-state index in [4.69, 9.17) is 10.8 Å². The molecule has 0 unspecified atom stereocenters. The van der Waals surface area contributed by atoms with Crippen molar-refractivity contribution in [3.63, 3.8) is 0 Å². The number of hydrogen-bond donors (Lipinski definition) is 2. The van der Waals surface area contributed by atoms with Gasteiger partial charge in [-0.3, -0.25) is 4.79 Å². The van der Waals surface area contributed by atoms with Gasteiger partial charge in [0.2, 0.25) is 0 Å². The van der Waals surface area contributed by atoms with Crippen LogP contribution in [0.25, 0.3) is 0 Å². The molecule has 0 saturated heterocycles. The summed E-state index contributed by atoms with van der Waals surface area (Å²) in [6, 6.07) is 4.47. The van der Waals surface area contributed by atoms with Crippen molar-refractivity contribution in [2.45, 2.75) is 19.3 Å². The number of rotatable bonds is 4. The van der Waals surface area contributed by atoms with E-state index in [9.17, 15) is 9.18 Å². The first-order valence-corrected chi connectivity index (χ1v) is 4.36. The molecule has 0 aliphatic rings. The van der Waals surface area contributed by atoms with E-state index in [1.165, 1.54) is 12.1 Å². The standard InChI is InChI=1S/C10H12FNO2/c11-8-4-2-5-9(12)7(8)3-1-6-10(13)14/h2,4-5H,1,3,6,12H2,(H,13,14). The van der Waals surface area contributed by atoms with Crippen LogP contribution in [0.4, 0.5) is 10.1 Å². The molecular weight excluding hydrogens is 185 g/mol. The molecule has 14 heavy (non-hydrogen) atoms. The Morgan fingerprint density at radius 3 is 2.79 bits per heavy atom. The van der Waals surface area contributed by atoms with Gasteiger partial charge in [0, 0.05) is 17.7 Å². The Labute approximate surface area is 81.4 Å². The van der Waals surface area contributed by atoms with Crippen LogP contribution in [0.2, 0.25) is 0 Å². The smallest absolute Gasteiger partial charge is 0.303 e. The fraction of sp³-hybridized carbons (Fsp3) is 0.300. The lowest BCUT2D eigenvalue weighted by Crippen LogP contribution is -2.01. The first kappa shape index (κ1) is 10.5. The number of hydrogen-bond acceptors (Lipinski definition) is 2. The van der Waals surface area contributed by atoms with Crippen LogP contribution >= 0.6 is 0 Å². The Hall–Kier alpha value is -1.58. The zero-order valence-electron chi connectivity index (χ0n) is 7.66. The summed E-state index contributed by atoms with van der Waals surface area (Å²) in [5.74, 6) is -1.24. The topological polar surface area (TPSA) is 63.3 Å². The monoisotopic (exact) mass is 197 g/mol. The van der Waals surface area contributed by atoms with Crippen molar-refractivity contribution in [1.29, 1.82) is 0 Å². The van der Waals surface area contributed by atoms with Gasteiger partial charge < -0.3 is 10.8 Å². The van der Waals surface area contributed by atoms with E-state index in [-0.39, 0.29) is 12.2 Å². The van der Waals surface area contributed by atoms with Crippen molar-refractivity contribution in [1.82, 2.24) is 0 Å². The number of halogens is 1. The summed E-state index contributed by atoms with van der Waals surface area (Å²) in [4.78, 5) is 10.2. The predicted octanol–water partition coefficient (Wildman–Crippen LogP) is 1.82. The van der Waals surface area contributed by atoms with Crippen molar-refractivity contribution in [2.75, 3.05) is 5.73 Å². The zero-order chi connectivity index (χ0) is 10.6. The largest absolute Gasteiger partial charge is 0.481 e. The lowest BCUT2D eigenvalue weighted by Gasteiger charge is -2.05. The quantitative estimate of drug-likeness (QED) is 0.723. The average Bonchev–Trinajstić information content (AvgIpc) is 2.09. The molecule has 4 heteroatoms. The van der Waals surface area contributed by atoms with Crippen LogP contribution in [0.15, 0.2) is 18.2 Å². The highest BCUT2D eigenvalue weighted by Gasteiger charge is 2.06.